The van der Waals surface area contributed by atoms with E-state index < -0.39 is 5.97 Å². The van der Waals surface area contributed by atoms with Gasteiger partial charge in [0.15, 0.2) is 0 Å². The Morgan fingerprint density at radius 1 is 1.36 bits per heavy atom. The first-order valence-electron chi connectivity index (χ1n) is 6.60. The summed E-state index contributed by atoms with van der Waals surface area (Å²) in [6.07, 6.45) is 0.174. The van der Waals surface area contributed by atoms with E-state index in [4.69, 9.17) is 11.6 Å². The van der Waals surface area contributed by atoms with Gasteiger partial charge in [-0.3, -0.25) is 9.89 Å². The van der Waals surface area contributed by atoms with E-state index in [0.29, 0.717) is 16.3 Å². The van der Waals surface area contributed by atoms with Crippen LogP contribution in [-0.2, 0) is 16.0 Å². The summed E-state index contributed by atoms with van der Waals surface area (Å²) in [7, 11) is 1.29. The second-order valence-electron chi connectivity index (χ2n) is 4.82. The summed E-state index contributed by atoms with van der Waals surface area (Å²) >= 11 is 6.05. The van der Waals surface area contributed by atoms with Gasteiger partial charge < -0.3 is 10.1 Å². The van der Waals surface area contributed by atoms with Crippen LogP contribution in [0.15, 0.2) is 18.2 Å². The highest BCUT2D eigenvalue weighted by Gasteiger charge is 2.14. The third-order valence-electron chi connectivity index (χ3n) is 3.28. The molecule has 0 aliphatic carbocycles. The maximum atomic E-state index is 12.2. The first-order chi connectivity index (χ1) is 10.4. The molecule has 2 N–H and O–H groups in total. The van der Waals surface area contributed by atoms with Crippen molar-refractivity contribution in [1.82, 2.24) is 10.2 Å². The molecule has 0 atom stereocenters. The standard InChI is InChI=1S/C15H16ClN3O3/c1-8-11(9(2)19-18-8)7-14(20)17-13-6-10(15(21)22-3)4-5-12(13)16/h4-6H,7H2,1-3H3,(H,17,20)(H,18,19). The fourth-order valence-corrected chi connectivity index (χ4v) is 2.22. The molecule has 0 fully saturated rings. The number of carbonyl (C=O) groups excluding carboxylic acids is 2. The molecule has 0 saturated heterocycles. The fourth-order valence-electron chi connectivity index (χ4n) is 2.06. The lowest BCUT2D eigenvalue weighted by Crippen LogP contribution is -2.16. The van der Waals surface area contributed by atoms with Crippen LogP contribution in [0.4, 0.5) is 5.69 Å². The number of carbonyl (C=O) groups is 2. The van der Waals surface area contributed by atoms with Gasteiger partial charge in [0.05, 0.1) is 35.5 Å². The van der Waals surface area contributed by atoms with Gasteiger partial charge in [0, 0.05) is 11.3 Å². The number of hydrogen-bond donors (Lipinski definition) is 2. The number of nitrogens with zero attached hydrogens (tertiary/aromatic N) is 1. The number of ether oxygens (including phenoxy) is 1. The van der Waals surface area contributed by atoms with E-state index in [0.717, 1.165) is 17.0 Å². The topological polar surface area (TPSA) is 84.1 Å². The molecule has 1 aromatic carbocycles. The predicted molar refractivity (Wildman–Crippen MR) is 83.2 cm³/mol. The molecule has 1 amide bonds. The molecule has 7 heteroatoms. The van der Waals surface area contributed by atoms with E-state index >= 15 is 0 Å². The second kappa shape index (κ2) is 6.62. The number of aromatic nitrogens is 2. The fraction of sp³-hybridized carbons (Fsp3) is 0.267. The van der Waals surface area contributed by atoms with Crippen LogP contribution in [0.2, 0.25) is 5.02 Å². The molecule has 0 unspecified atom stereocenters. The number of rotatable bonds is 4. The number of aromatic amines is 1. The lowest BCUT2D eigenvalue weighted by molar-refractivity contribution is -0.115. The van der Waals surface area contributed by atoms with Crippen molar-refractivity contribution >= 4 is 29.2 Å². The number of H-pyrrole nitrogens is 1. The van der Waals surface area contributed by atoms with Crippen LogP contribution in [-0.4, -0.2) is 29.2 Å². The monoisotopic (exact) mass is 321 g/mol. The maximum Gasteiger partial charge on any atom is 0.337 e. The summed E-state index contributed by atoms with van der Waals surface area (Å²) in [6, 6.07) is 4.56. The van der Waals surface area contributed by atoms with Crippen LogP contribution in [0.1, 0.15) is 27.3 Å². The molecule has 0 aliphatic heterocycles. The SMILES string of the molecule is COC(=O)c1ccc(Cl)c(NC(=O)Cc2c(C)n[nH]c2C)c1. The average molecular weight is 322 g/mol. The number of amides is 1. The van der Waals surface area contributed by atoms with Gasteiger partial charge in [-0.1, -0.05) is 11.6 Å². The number of anilines is 1. The van der Waals surface area contributed by atoms with E-state index in [1.54, 1.807) is 0 Å². The highest BCUT2D eigenvalue weighted by Crippen LogP contribution is 2.24. The molecular weight excluding hydrogens is 306 g/mol. The predicted octanol–water partition coefficient (Wildman–Crippen LogP) is 2.65. The van der Waals surface area contributed by atoms with Crippen molar-refractivity contribution in [2.45, 2.75) is 20.3 Å². The van der Waals surface area contributed by atoms with Crippen molar-refractivity contribution in [3.63, 3.8) is 0 Å². The van der Waals surface area contributed by atoms with E-state index in [2.05, 4.69) is 20.3 Å². The van der Waals surface area contributed by atoms with Crippen LogP contribution in [0.5, 0.6) is 0 Å². The van der Waals surface area contributed by atoms with Crippen LogP contribution in [0.3, 0.4) is 0 Å². The lowest BCUT2D eigenvalue weighted by Gasteiger charge is -2.09. The molecule has 2 rings (SSSR count). The van der Waals surface area contributed by atoms with Crippen LogP contribution in [0.25, 0.3) is 0 Å². The Morgan fingerprint density at radius 3 is 2.68 bits per heavy atom. The Kier molecular flexibility index (Phi) is 4.82. The van der Waals surface area contributed by atoms with Gasteiger partial charge in [0.25, 0.3) is 0 Å². The third-order valence-corrected chi connectivity index (χ3v) is 3.61. The number of halogens is 1. The molecular formula is C15H16ClN3O3. The smallest absolute Gasteiger partial charge is 0.337 e. The van der Waals surface area contributed by atoms with Gasteiger partial charge in [0.2, 0.25) is 5.91 Å². The molecule has 0 saturated carbocycles. The van der Waals surface area contributed by atoms with Crippen LogP contribution < -0.4 is 5.32 Å². The Bertz CT molecular complexity index is 705. The van der Waals surface area contributed by atoms with E-state index in [-0.39, 0.29) is 12.3 Å². The number of benzene rings is 1. The molecule has 0 bridgehead atoms. The summed E-state index contributed by atoms with van der Waals surface area (Å²) in [5.74, 6) is -0.731. The molecule has 2 aromatic rings. The molecule has 6 nitrogen and oxygen atoms in total. The van der Waals surface area contributed by atoms with Crippen molar-refractivity contribution in [3.05, 3.63) is 45.7 Å². The first-order valence-corrected chi connectivity index (χ1v) is 6.98. The number of nitrogens with one attached hydrogen (secondary N) is 2. The highest BCUT2D eigenvalue weighted by molar-refractivity contribution is 6.33. The number of aryl methyl sites for hydroxylation is 2. The molecule has 0 spiro atoms. The quantitative estimate of drug-likeness (QED) is 0.848. The zero-order valence-corrected chi connectivity index (χ0v) is 13.2. The van der Waals surface area contributed by atoms with Crippen LogP contribution >= 0.6 is 11.6 Å². The Balaban J connectivity index is 2.16. The molecule has 1 heterocycles. The Morgan fingerprint density at radius 2 is 2.09 bits per heavy atom. The Hall–Kier alpha value is -2.34. The van der Waals surface area contributed by atoms with Crippen molar-refractivity contribution < 1.29 is 14.3 Å². The molecule has 22 heavy (non-hydrogen) atoms. The number of hydrogen-bond acceptors (Lipinski definition) is 4. The Labute approximate surface area is 132 Å². The van der Waals surface area contributed by atoms with Gasteiger partial charge in [0.1, 0.15) is 0 Å². The second-order valence-corrected chi connectivity index (χ2v) is 5.23. The van der Waals surface area contributed by atoms with E-state index in [1.165, 1.54) is 25.3 Å². The van der Waals surface area contributed by atoms with Gasteiger partial charge >= 0.3 is 5.97 Å². The van der Waals surface area contributed by atoms with E-state index in [9.17, 15) is 9.59 Å². The maximum absolute atomic E-state index is 12.2. The summed E-state index contributed by atoms with van der Waals surface area (Å²) in [5.41, 5.74) is 3.16. The first kappa shape index (κ1) is 16.0. The molecule has 116 valence electrons. The minimum atomic E-state index is -0.492. The zero-order chi connectivity index (χ0) is 16.3. The molecule has 0 radical (unpaired) electrons. The number of esters is 1. The zero-order valence-electron chi connectivity index (χ0n) is 12.5. The average Bonchev–Trinajstić information content (AvgIpc) is 2.80. The summed E-state index contributed by atoms with van der Waals surface area (Å²) < 4.78 is 4.65. The van der Waals surface area contributed by atoms with Gasteiger partial charge in [-0.05, 0) is 32.0 Å². The third kappa shape index (κ3) is 3.46. The van der Waals surface area contributed by atoms with Crippen molar-refractivity contribution in [1.29, 1.82) is 0 Å². The van der Waals surface area contributed by atoms with Crippen molar-refractivity contribution in [3.8, 4) is 0 Å². The normalized spacial score (nSPS) is 10.4. The highest BCUT2D eigenvalue weighted by atomic mass is 35.5. The van der Waals surface area contributed by atoms with Gasteiger partial charge in [-0.25, -0.2) is 4.79 Å². The minimum absolute atomic E-state index is 0.174. The van der Waals surface area contributed by atoms with Gasteiger partial charge in [-0.15, -0.1) is 0 Å². The largest absolute Gasteiger partial charge is 0.465 e. The summed E-state index contributed by atoms with van der Waals surface area (Å²) in [4.78, 5) is 23.7. The minimum Gasteiger partial charge on any atom is -0.465 e. The van der Waals surface area contributed by atoms with Crippen molar-refractivity contribution in [2.24, 2.45) is 0 Å². The lowest BCUT2D eigenvalue weighted by atomic mass is 10.1. The summed E-state index contributed by atoms with van der Waals surface area (Å²) in [5, 5.41) is 9.93. The van der Waals surface area contributed by atoms with E-state index in [1.807, 2.05) is 13.8 Å². The molecule has 0 aliphatic rings. The van der Waals surface area contributed by atoms with Crippen molar-refractivity contribution in [2.75, 3.05) is 12.4 Å². The summed E-state index contributed by atoms with van der Waals surface area (Å²) in [6.45, 7) is 3.68. The number of methoxy groups -OCH3 is 1. The molecule has 1 aromatic heterocycles. The van der Waals surface area contributed by atoms with Gasteiger partial charge in [-0.2, -0.15) is 5.10 Å². The van der Waals surface area contributed by atoms with Crippen LogP contribution in [0, 0.1) is 13.8 Å².